The fourth-order valence-electron chi connectivity index (χ4n) is 4.26. The number of H-pyrrole nitrogens is 1. The summed E-state index contributed by atoms with van der Waals surface area (Å²) in [6.07, 6.45) is 3.85. The van der Waals surface area contributed by atoms with Crippen molar-refractivity contribution in [1.29, 1.82) is 5.26 Å². The van der Waals surface area contributed by atoms with Crippen molar-refractivity contribution in [2.24, 2.45) is 0 Å². The molecule has 1 saturated heterocycles. The summed E-state index contributed by atoms with van der Waals surface area (Å²) in [4.78, 5) is 18.2. The summed E-state index contributed by atoms with van der Waals surface area (Å²) in [5.41, 5.74) is 2.78. The second-order valence-corrected chi connectivity index (χ2v) is 9.82. The third kappa shape index (κ3) is 4.87. The molecule has 33 heavy (non-hydrogen) atoms. The molecular formula is C24H26N4O4S. The first-order valence-electron chi connectivity index (χ1n) is 10.8. The largest absolute Gasteiger partial charge is 0.497 e. The molecule has 1 aromatic heterocycles. The van der Waals surface area contributed by atoms with Crippen LogP contribution < -0.4 is 9.46 Å². The molecule has 172 valence electrons. The molecule has 0 spiro atoms. The first kappa shape index (κ1) is 22.8. The number of piperidine rings is 1. The van der Waals surface area contributed by atoms with E-state index in [0.717, 1.165) is 29.5 Å². The van der Waals surface area contributed by atoms with E-state index in [1.807, 2.05) is 29.2 Å². The lowest BCUT2D eigenvalue weighted by molar-refractivity contribution is 0.0713. The van der Waals surface area contributed by atoms with Gasteiger partial charge in [0, 0.05) is 48.7 Å². The Bertz CT molecular complexity index is 1280. The molecular weight excluding hydrogens is 440 g/mol. The van der Waals surface area contributed by atoms with Crippen LogP contribution in [0, 0.1) is 11.3 Å². The summed E-state index contributed by atoms with van der Waals surface area (Å²) >= 11 is 0. The molecule has 0 atom stereocenters. The zero-order valence-corrected chi connectivity index (χ0v) is 19.2. The van der Waals surface area contributed by atoms with E-state index in [2.05, 4.69) is 15.9 Å². The van der Waals surface area contributed by atoms with Crippen LogP contribution in [0.3, 0.4) is 0 Å². The molecule has 8 nitrogen and oxygen atoms in total. The van der Waals surface area contributed by atoms with Crippen LogP contribution >= 0.6 is 0 Å². The average molecular weight is 467 g/mol. The van der Waals surface area contributed by atoms with Gasteiger partial charge in [-0.1, -0.05) is 0 Å². The lowest BCUT2D eigenvalue weighted by atomic mass is 9.89. The van der Waals surface area contributed by atoms with Gasteiger partial charge < -0.3 is 14.6 Å². The zero-order chi connectivity index (χ0) is 23.4. The zero-order valence-electron chi connectivity index (χ0n) is 18.4. The minimum absolute atomic E-state index is 0.0532. The molecule has 2 heterocycles. The van der Waals surface area contributed by atoms with E-state index >= 15 is 0 Å². The minimum Gasteiger partial charge on any atom is -0.497 e. The average Bonchev–Trinajstić information content (AvgIpc) is 3.27. The summed E-state index contributed by atoms with van der Waals surface area (Å²) in [6, 6.07) is 13.8. The van der Waals surface area contributed by atoms with E-state index in [9.17, 15) is 13.2 Å². The lowest BCUT2D eigenvalue weighted by Gasteiger charge is -2.32. The summed E-state index contributed by atoms with van der Waals surface area (Å²) in [5.74, 6) is 1.07. The van der Waals surface area contributed by atoms with Crippen LogP contribution in [0.25, 0.3) is 10.9 Å². The van der Waals surface area contributed by atoms with Gasteiger partial charge in [-0.05, 0) is 66.8 Å². The first-order valence-corrected chi connectivity index (χ1v) is 12.3. The van der Waals surface area contributed by atoms with Crippen molar-refractivity contribution in [3.63, 3.8) is 0 Å². The standard InChI is InChI=1S/C24H26N4O4S/c1-32-19-5-8-23-21(15-19)22(16-26-23)17-9-13-28(14-10-17)24(29)18-3-6-20(7-4-18)33(30,31)27-12-2-11-25/h3-8,15-17,26-27H,2,9-10,12-14H2,1H3. The van der Waals surface area contributed by atoms with E-state index in [-0.39, 0.29) is 23.8 Å². The van der Waals surface area contributed by atoms with Crippen LogP contribution in [0.15, 0.2) is 53.6 Å². The smallest absolute Gasteiger partial charge is 0.253 e. The predicted molar refractivity (Wildman–Crippen MR) is 125 cm³/mol. The van der Waals surface area contributed by atoms with Crippen LogP contribution in [0.2, 0.25) is 0 Å². The molecule has 1 aliphatic heterocycles. The van der Waals surface area contributed by atoms with E-state index in [4.69, 9.17) is 10.00 Å². The fraction of sp³-hybridized carbons (Fsp3) is 0.333. The number of fused-ring (bicyclic) bond motifs is 1. The maximum Gasteiger partial charge on any atom is 0.253 e. The summed E-state index contributed by atoms with van der Waals surface area (Å²) in [5, 5.41) is 9.71. The fourth-order valence-corrected chi connectivity index (χ4v) is 5.30. The van der Waals surface area contributed by atoms with E-state index in [0.29, 0.717) is 24.6 Å². The predicted octanol–water partition coefficient (Wildman–Crippen LogP) is 3.39. The molecule has 0 aliphatic carbocycles. The normalized spacial score (nSPS) is 14.8. The Hall–Kier alpha value is -3.35. The molecule has 2 aromatic carbocycles. The first-order chi connectivity index (χ1) is 15.9. The van der Waals surface area contributed by atoms with Crippen molar-refractivity contribution in [3.8, 4) is 11.8 Å². The van der Waals surface area contributed by atoms with Gasteiger partial charge in [0.2, 0.25) is 10.0 Å². The monoisotopic (exact) mass is 466 g/mol. The van der Waals surface area contributed by atoms with E-state index < -0.39 is 10.0 Å². The molecule has 1 fully saturated rings. The number of nitrogens with one attached hydrogen (secondary N) is 2. The SMILES string of the molecule is COc1ccc2[nH]cc(C3CCN(C(=O)c4ccc(S(=O)(=O)NCCC#N)cc4)CC3)c2c1. The van der Waals surface area contributed by atoms with Gasteiger partial charge in [-0.3, -0.25) is 4.79 Å². The van der Waals surface area contributed by atoms with Crippen LogP contribution in [0.1, 0.15) is 41.1 Å². The number of hydrogen-bond acceptors (Lipinski definition) is 5. The summed E-state index contributed by atoms with van der Waals surface area (Å²) in [7, 11) is -2.04. The topological polar surface area (TPSA) is 115 Å². The Balaban J connectivity index is 1.40. The lowest BCUT2D eigenvalue weighted by Crippen LogP contribution is -2.37. The van der Waals surface area contributed by atoms with Crippen LogP contribution in [-0.4, -0.2) is 51.0 Å². The van der Waals surface area contributed by atoms with Gasteiger partial charge in [0.05, 0.1) is 18.1 Å². The van der Waals surface area contributed by atoms with Gasteiger partial charge in [-0.2, -0.15) is 5.26 Å². The van der Waals surface area contributed by atoms with Gasteiger partial charge in [0.1, 0.15) is 5.75 Å². The Morgan fingerprint density at radius 2 is 1.94 bits per heavy atom. The number of hydrogen-bond donors (Lipinski definition) is 2. The van der Waals surface area contributed by atoms with Gasteiger partial charge in [-0.15, -0.1) is 0 Å². The van der Waals surface area contributed by atoms with Crippen molar-refractivity contribution < 1.29 is 17.9 Å². The molecule has 2 N–H and O–H groups in total. The van der Waals surface area contributed by atoms with Gasteiger partial charge in [0.25, 0.3) is 5.91 Å². The number of carbonyl (C=O) groups excluding carboxylic acids is 1. The van der Waals surface area contributed by atoms with Gasteiger partial charge >= 0.3 is 0 Å². The minimum atomic E-state index is -3.69. The Kier molecular flexibility index (Phi) is 6.67. The summed E-state index contributed by atoms with van der Waals surface area (Å²) < 4.78 is 32.2. The van der Waals surface area contributed by atoms with Crippen LogP contribution in [0.4, 0.5) is 0 Å². The Labute approximate surface area is 193 Å². The third-order valence-corrected chi connectivity index (χ3v) is 7.56. The van der Waals surface area contributed by atoms with Crippen molar-refractivity contribution in [3.05, 3.63) is 59.8 Å². The number of sulfonamides is 1. The van der Waals surface area contributed by atoms with Crippen LogP contribution in [-0.2, 0) is 10.0 Å². The molecule has 1 amide bonds. The number of ether oxygens (including phenoxy) is 1. The molecule has 4 rings (SSSR count). The van der Waals surface area contributed by atoms with E-state index in [1.165, 1.54) is 17.7 Å². The van der Waals surface area contributed by atoms with Crippen molar-refractivity contribution in [2.75, 3.05) is 26.7 Å². The summed E-state index contributed by atoms with van der Waals surface area (Å²) in [6.45, 7) is 1.32. The van der Waals surface area contributed by atoms with Crippen molar-refractivity contribution >= 4 is 26.8 Å². The van der Waals surface area contributed by atoms with Gasteiger partial charge in [0.15, 0.2) is 0 Å². The number of rotatable bonds is 7. The molecule has 0 unspecified atom stereocenters. The Morgan fingerprint density at radius 1 is 1.21 bits per heavy atom. The Morgan fingerprint density at radius 3 is 2.61 bits per heavy atom. The number of benzene rings is 2. The number of aromatic nitrogens is 1. The van der Waals surface area contributed by atoms with E-state index in [1.54, 1.807) is 19.2 Å². The molecule has 0 saturated carbocycles. The highest BCUT2D eigenvalue weighted by Gasteiger charge is 2.26. The number of amides is 1. The number of aromatic amines is 1. The van der Waals surface area contributed by atoms with Crippen LogP contribution in [0.5, 0.6) is 5.75 Å². The number of methoxy groups -OCH3 is 1. The van der Waals surface area contributed by atoms with Crippen molar-refractivity contribution in [1.82, 2.24) is 14.6 Å². The number of nitrogens with zero attached hydrogens (tertiary/aromatic N) is 2. The highest BCUT2D eigenvalue weighted by Crippen LogP contribution is 2.35. The molecule has 0 bridgehead atoms. The van der Waals surface area contributed by atoms with Gasteiger partial charge in [-0.25, -0.2) is 13.1 Å². The number of nitriles is 1. The van der Waals surface area contributed by atoms with Crippen molar-refractivity contribution in [2.45, 2.75) is 30.1 Å². The second-order valence-electron chi connectivity index (χ2n) is 8.05. The second kappa shape index (κ2) is 9.65. The number of carbonyl (C=O) groups is 1. The quantitative estimate of drug-likeness (QED) is 0.518. The molecule has 3 aromatic rings. The maximum atomic E-state index is 13.0. The third-order valence-electron chi connectivity index (χ3n) is 6.08. The number of likely N-dealkylation sites (tertiary alicyclic amines) is 1. The highest BCUT2D eigenvalue weighted by molar-refractivity contribution is 7.89. The maximum absolute atomic E-state index is 13.0. The molecule has 1 aliphatic rings. The highest BCUT2D eigenvalue weighted by atomic mass is 32.2. The molecule has 9 heteroatoms. The molecule has 0 radical (unpaired) electrons.